The molecule has 0 aromatic heterocycles. The molecule has 1 aromatic rings. The maximum atomic E-state index is 9.55. The van der Waals surface area contributed by atoms with Gasteiger partial charge in [0.2, 0.25) is 0 Å². The molecule has 2 rings (SSSR count). The third-order valence-electron chi connectivity index (χ3n) is 2.98. The van der Waals surface area contributed by atoms with E-state index < -0.39 is 11.9 Å². The van der Waals surface area contributed by atoms with E-state index in [2.05, 4.69) is 47.4 Å². The smallest absolute Gasteiger partial charge is 0.328 e. The molecule has 1 saturated heterocycles. The highest BCUT2D eigenvalue weighted by atomic mass is 32.2. The van der Waals surface area contributed by atoms with E-state index in [1.54, 1.807) is 0 Å². The fourth-order valence-corrected chi connectivity index (χ4v) is 3.08. The van der Waals surface area contributed by atoms with Crippen molar-refractivity contribution in [2.45, 2.75) is 23.8 Å². The zero-order chi connectivity index (χ0) is 16.2. The van der Waals surface area contributed by atoms with Crippen molar-refractivity contribution in [2.24, 2.45) is 0 Å². The van der Waals surface area contributed by atoms with Gasteiger partial charge in [0, 0.05) is 23.2 Å². The van der Waals surface area contributed by atoms with Crippen molar-refractivity contribution >= 4 is 23.7 Å². The molecule has 0 bridgehead atoms. The van der Waals surface area contributed by atoms with Gasteiger partial charge in [-0.1, -0.05) is 30.3 Å². The van der Waals surface area contributed by atoms with Crippen LogP contribution in [0.15, 0.2) is 42.5 Å². The third kappa shape index (κ3) is 9.20. The van der Waals surface area contributed by atoms with Crippen LogP contribution >= 0.6 is 11.8 Å². The Morgan fingerprint density at radius 1 is 1.09 bits per heavy atom. The summed E-state index contributed by atoms with van der Waals surface area (Å²) in [5, 5.41) is 19.9. The van der Waals surface area contributed by atoms with E-state index in [9.17, 15) is 9.59 Å². The van der Waals surface area contributed by atoms with Gasteiger partial charge in [-0.3, -0.25) is 0 Å². The van der Waals surface area contributed by atoms with Crippen molar-refractivity contribution in [1.29, 1.82) is 0 Å². The SMILES string of the molecule is O=C(O)/C=C\C(=O)O.c1ccc(CSC2CCNCC2)cc1. The number of aliphatic carboxylic acids is 2. The van der Waals surface area contributed by atoms with Gasteiger partial charge in [0.1, 0.15) is 0 Å². The lowest BCUT2D eigenvalue weighted by Crippen LogP contribution is -2.29. The first-order chi connectivity index (χ1) is 10.6. The Hall–Kier alpha value is -1.79. The predicted octanol–water partition coefficient (Wildman–Crippen LogP) is 2.38. The minimum Gasteiger partial charge on any atom is -0.478 e. The van der Waals surface area contributed by atoms with Crippen LogP contribution in [0.1, 0.15) is 18.4 Å². The number of piperidine rings is 1. The Kier molecular flexibility index (Phi) is 9.02. The van der Waals surface area contributed by atoms with Crippen LogP contribution in [0.25, 0.3) is 0 Å². The molecular formula is C16H21NO4S. The van der Waals surface area contributed by atoms with Gasteiger partial charge >= 0.3 is 11.9 Å². The molecule has 22 heavy (non-hydrogen) atoms. The molecule has 1 aliphatic rings. The highest BCUT2D eigenvalue weighted by Crippen LogP contribution is 2.23. The molecule has 1 aromatic carbocycles. The highest BCUT2D eigenvalue weighted by Gasteiger charge is 2.12. The summed E-state index contributed by atoms with van der Waals surface area (Å²) < 4.78 is 0. The molecule has 1 heterocycles. The lowest BCUT2D eigenvalue weighted by atomic mass is 10.2. The van der Waals surface area contributed by atoms with Gasteiger partial charge in [-0.2, -0.15) is 11.8 Å². The van der Waals surface area contributed by atoms with Crippen molar-refractivity contribution in [3.63, 3.8) is 0 Å². The van der Waals surface area contributed by atoms with Crippen LogP contribution in [0.5, 0.6) is 0 Å². The third-order valence-corrected chi connectivity index (χ3v) is 4.43. The van der Waals surface area contributed by atoms with Crippen molar-refractivity contribution in [1.82, 2.24) is 5.32 Å². The summed E-state index contributed by atoms with van der Waals surface area (Å²) in [4.78, 5) is 19.1. The molecule has 0 spiro atoms. The second-order valence-electron chi connectivity index (χ2n) is 4.76. The van der Waals surface area contributed by atoms with E-state index in [1.807, 2.05) is 0 Å². The van der Waals surface area contributed by atoms with E-state index in [-0.39, 0.29) is 0 Å². The van der Waals surface area contributed by atoms with Crippen LogP contribution in [0.3, 0.4) is 0 Å². The Labute approximate surface area is 134 Å². The first-order valence-corrected chi connectivity index (χ1v) is 8.13. The Morgan fingerprint density at radius 2 is 1.64 bits per heavy atom. The van der Waals surface area contributed by atoms with Gasteiger partial charge in [0.05, 0.1) is 0 Å². The summed E-state index contributed by atoms with van der Waals surface area (Å²) >= 11 is 2.11. The first-order valence-electron chi connectivity index (χ1n) is 7.08. The minimum atomic E-state index is -1.26. The topological polar surface area (TPSA) is 86.6 Å². The number of carbonyl (C=O) groups is 2. The highest BCUT2D eigenvalue weighted by molar-refractivity contribution is 7.99. The molecule has 1 fully saturated rings. The molecular weight excluding hydrogens is 302 g/mol. The van der Waals surface area contributed by atoms with Crippen LogP contribution in [-0.4, -0.2) is 40.5 Å². The Balaban J connectivity index is 0.000000261. The molecule has 0 unspecified atom stereocenters. The van der Waals surface area contributed by atoms with Gasteiger partial charge in [-0.25, -0.2) is 9.59 Å². The molecule has 0 radical (unpaired) electrons. The second-order valence-corrected chi connectivity index (χ2v) is 6.04. The average Bonchev–Trinajstić information content (AvgIpc) is 2.54. The Morgan fingerprint density at radius 3 is 2.14 bits per heavy atom. The summed E-state index contributed by atoms with van der Waals surface area (Å²) in [7, 11) is 0. The second kappa shape index (κ2) is 10.9. The number of thioether (sulfide) groups is 1. The lowest BCUT2D eigenvalue weighted by Gasteiger charge is -2.21. The zero-order valence-corrected chi connectivity index (χ0v) is 13.1. The predicted molar refractivity (Wildman–Crippen MR) is 88.0 cm³/mol. The summed E-state index contributed by atoms with van der Waals surface area (Å²) in [5.41, 5.74) is 1.45. The van der Waals surface area contributed by atoms with Crippen molar-refractivity contribution < 1.29 is 19.8 Å². The van der Waals surface area contributed by atoms with Crippen LogP contribution in [0, 0.1) is 0 Å². The zero-order valence-electron chi connectivity index (χ0n) is 12.3. The summed E-state index contributed by atoms with van der Waals surface area (Å²) in [6.45, 7) is 2.40. The number of hydrogen-bond acceptors (Lipinski definition) is 4. The standard InChI is InChI=1S/C12H17NS.C4H4O4/c1-2-4-11(5-3-1)10-14-12-6-8-13-9-7-12;5-3(6)1-2-4(7)8/h1-5,12-13H,6-10H2;1-2H,(H,5,6)(H,7,8)/b;2-1-. The normalized spacial score (nSPS) is 15.1. The number of benzene rings is 1. The molecule has 0 amide bonds. The van der Waals surface area contributed by atoms with Crippen LogP contribution < -0.4 is 5.32 Å². The van der Waals surface area contributed by atoms with E-state index in [4.69, 9.17) is 10.2 Å². The van der Waals surface area contributed by atoms with E-state index in [1.165, 1.54) is 37.2 Å². The maximum absolute atomic E-state index is 9.55. The number of rotatable bonds is 5. The van der Waals surface area contributed by atoms with Crippen molar-refractivity contribution in [3.05, 3.63) is 48.0 Å². The van der Waals surface area contributed by atoms with Crippen molar-refractivity contribution in [3.8, 4) is 0 Å². The van der Waals surface area contributed by atoms with Gasteiger partial charge in [0.25, 0.3) is 0 Å². The molecule has 0 aliphatic carbocycles. The van der Waals surface area contributed by atoms with Gasteiger partial charge < -0.3 is 15.5 Å². The summed E-state index contributed by atoms with van der Waals surface area (Å²) in [6.07, 6.45) is 3.78. The molecule has 1 aliphatic heterocycles. The van der Waals surface area contributed by atoms with E-state index >= 15 is 0 Å². The molecule has 0 atom stereocenters. The average molecular weight is 323 g/mol. The van der Waals surface area contributed by atoms with Crippen molar-refractivity contribution in [2.75, 3.05) is 13.1 Å². The van der Waals surface area contributed by atoms with Gasteiger partial charge in [0.15, 0.2) is 0 Å². The molecule has 3 N–H and O–H groups in total. The first kappa shape index (κ1) is 18.3. The molecule has 5 nitrogen and oxygen atoms in total. The van der Waals surface area contributed by atoms with E-state index in [0.717, 1.165) is 5.25 Å². The largest absolute Gasteiger partial charge is 0.478 e. The molecule has 6 heteroatoms. The summed E-state index contributed by atoms with van der Waals surface area (Å²) in [6, 6.07) is 10.8. The lowest BCUT2D eigenvalue weighted by molar-refractivity contribution is -0.134. The number of carboxylic acids is 2. The number of hydrogen-bond donors (Lipinski definition) is 3. The Bertz CT molecular complexity index is 468. The number of nitrogens with one attached hydrogen (secondary N) is 1. The fraction of sp³-hybridized carbons (Fsp3) is 0.375. The van der Waals surface area contributed by atoms with E-state index in [0.29, 0.717) is 12.2 Å². The fourth-order valence-electron chi connectivity index (χ4n) is 1.89. The maximum Gasteiger partial charge on any atom is 0.328 e. The van der Waals surface area contributed by atoms with Crippen LogP contribution in [-0.2, 0) is 15.3 Å². The molecule has 120 valence electrons. The quantitative estimate of drug-likeness (QED) is 0.721. The molecule has 0 saturated carbocycles. The number of carboxylic acid groups (broad SMARTS) is 2. The van der Waals surface area contributed by atoms with Crippen LogP contribution in [0.4, 0.5) is 0 Å². The minimum absolute atomic E-state index is 0.558. The monoisotopic (exact) mass is 323 g/mol. The summed E-state index contributed by atoms with van der Waals surface area (Å²) in [5.74, 6) is -1.34. The van der Waals surface area contributed by atoms with Crippen LogP contribution in [0.2, 0.25) is 0 Å². The van der Waals surface area contributed by atoms with Gasteiger partial charge in [-0.15, -0.1) is 0 Å². The van der Waals surface area contributed by atoms with Gasteiger partial charge in [-0.05, 0) is 31.5 Å².